The summed E-state index contributed by atoms with van der Waals surface area (Å²) in [6, 6.07) is 10.7. The molecule has 0 atom stereocenters. The van der Waals surface area contributed by atoms with E-state index in [4.69, 9.17) is 0 Å². The third-order valence-electron chi connectivity index (χ3n) is 4.95. The second kappa shape index (κ2) is 7.88. The molecule has 2 aromatic carbocycles. The summed E-state index contributed by atoms with van der Waals surface area (Å²) in [7, 11) is -4.04. The van der Waals surface area contributed by atoms with Crippen molar-refractivity contribution in [2.75, 3.05) is 13.2 Å². The van der Waals surface area contributed by atoms with Gasteiger partial charge in [-0.15, -0.1) is 0 Å². The Bertz CT molecular complexity index is 1410. The number of aliphatic hydroxyl groups excluding tert-OH is 1. The summed E-state index contributed by atoms with van der Waals surface area (Å²) in [5.74, 6) is 0. The molecule has 4 rings (SSSR count). The molecule has 0 saturated heterocycles. The molecule has 0 unspecified atom stereocenters. The van der Waals surface area contributed by atoms with Crippen LogP contribution in [0.15, 0.2) is 46.1 Å². The van der Waals surface area contributed by atoms with Crippen molar-refractivity contribution in [2.24, 2.45) is 0 Å². The second-order valence-corrected chi connectivity index (χ2v) is 9.52. The molecular formula is C20H20N4O4S2. The first-order valence-electron chi connectivity index (χ1n) is 9.26. The molecule has 0 aliphatic heterocycles. The van der Waals surface area contributed by atoms with E-state index < -0.39 is 10.0 Å². The van der Waals surface area contributed by atoms with Gasteiger partial charge in [0.25, 0.3) is 5.56 Å². The van der Waals surface area contributed by atoms with Gasteiger partial charge in [-0.3, -0.25) is 4.79 Å². The molecule has 0 aliphatic carbocycles. The highest BCUT2D eigenvalue weighted by Crippen LogP contribution is 2.28. The molecule has 0 aliphatic rings. The van der Waals surface area contributed by atoms with E-state index >= 15 is 0 Å². The van der Waals surface area contributed by atoms with Crippen LogP contribution in [0.5, 0.6) is 0 Å². The van der Waals surface area contributed by atoms with Crippen molar-refractivity contribution >= 4 is 43.7 Å². The molecule has 0 spiro atoms. The van der Waals surface area contributed by atoms with Gasteiger partial charge in [0.2, 0.25) is 10.0 Å². The van der Waals surface area contributed by atoms with Crippen molar-refractivity contribution in [3.8, 4) is 0 Å². The van der Waals surface area contributed by atoms with E-state index in [0.29, 0.717) is 27.7 Å². The highest BCUT2D eigenvalue weighted by Gasteiger charge is 2.30. The number of hydrogen-bond donors (Lipinski definition) is 2. The van der Waals surface area contributed by atoms with Crippen molar-refractivity contribution in [2.45, 2.75) is 25.3 Å². The third kappa shape index (κ3) is 3.63. The summed E-state index contributed by atoms with van der Waals surface area (Å²) < 4.78 is 36.4. The van der Waals surface area contributed by atoms with Crippen molar-refractivity contribution in [3.05, 3.63) is 63.4 Å². The fourth-order valence-electron chi connectivity index (χ4n) is 3.46. The van der Waals surface area contributed by atoms with Crippen LogP contribution in [-0.2, 0) is 16.6 Å². The molecule has 0 bridgehead atoms. The van der Waals surface area contributed by atoms with Crippen LogP contribution >= 0.6 is 11.7 Å². The topological polar surface area (TPSA) is 116 Å². The lowest BCUT2D eigenvalue weighted by atomic mass is 10.1. The monoisotopic (exact) mass is 444 g/mol. The van der Waals surface area contributed by atoms with Gasteiger partial charge in [0.1, 0.15) is 15.9 Å². The zero-order chi connectivity index (χ0) is 21.5. The van der Waals surface area contributed by atoms with Gasteiger partial charge in [-0.25, -0.2) is 8.42 Å². The average molecular weight is 445 g/mol. The minimum Gasteiger partial charge on any atom is -0.395 e. The molecule has 0 saturated carbocycles. The number of hydrogen-bond acceptors (Lipinski definition) is 7. The second-order valence-electron chi connectivity index (χ2n) is 7.12. The van der Waals surface area contributed by atoms with E-state index in [0.717, 1.165) is 27.0 Å². The Hall–Kier alpha value is -2.66. The molecular weight excluding hydrogens is 424 g/mol. The predicted molar refractivity (Wildman–Crippen MR) is 116 cm³/mol. The lowest BCUT2D eigenvalue weighted by Gasteiger charge is -2.22. The molecule has 10 heteroatoms. The lowest BCUT2D eigenvalue weighted by Crippen LogP contribution is -2.35. The number of pyridine rings is 1. The third-order valence-corrected chi connectivity index (χ3v) is 7.51. The molecule has 2 aromatic heterocycles. The molecule has 30 heavy (non-hydrogen) atoms. The number of aliphatic hydroxyl groups is 1. The van der Waals surface area contributed by atoms with E-state index in [1.54, 1.807) is 25.1 Å². The van der Waals surface area contributed by atoms with E-state index in [2.05, 4.69) is 13.7 Å². The van der Waals surface area contributed by atoms with Crippen molar-refractivity contribution in [1.82, 2.24) is 18.0 Å². The predicted octanol–water partition coefficient (Wildman–Crippen LogP) is 2.33. The van der Waals surface area contributed by atoms with Crippen LogP contribution in [0.2, 0.25) is 0 Å². The van der Waals surface area contributed by atoms with E-state index in [1.807, 2.05) is 25.1 Å². The number of rotatable bonds is 6. The summed E-state index contributed by atoms with van der Waals surface area (Å²) in [4.78, 5) is 15.5. The molecule has 4 aromatic rings. The normalized spacial score (nSPS) is 12.3. The number of nitrogens with one attached hydrogen (secondary N) is 1. The van der Waals surface area contributed by atoms with Crippen LogP contribution < -0.4 is 5.56 Å². The highest BCUT2D eigenvalue weighted by molar-refractivity contribution is 7.89. The summed E-state index contributed by atoms with van der Waals surface area (Å²) in [6.07, 6.45) is 0. The SMILES string of the molecule is Cc1ccc2[nH]c(=O)c(CN(CCO)S(=O)(=O)c3c(C)ccc4nsnc34)cc2c1. The Morgan fingerprint density at radius 2 is 1.93 bits per heavy atom. The number of aryl methyl sites for hydroxylation is 2. The van der Waals surface area contributed by atoms with Gasteiger partial charge >= 0.3 is 0 Å². The zero-order valence-electron chi connectivity index (χ0n) is 16.4. The first-order chi connectivity index (χ1) is 14.3. The molecule has 0 fully saturated rings. The number of H-pyrrole nitrogens is 1. The molecule has 0 amide bonds. The van der Waals surface area contributed by atoms with Gasteiger partial charge in [0.15, 0.2) is 0 Å². The molecule has 2 N–H and O–H groups in total. The Kier molecular flexibility index (Phi) is 5.41. The van der Waals surface area contributed by atoms with Crippen molar-refractivity contribution in [3.63, 3.8) is 0 Å². The van der Waals surface area contributed by atoms with Gasteiger partial charge in [0, 0.05) is 24.2 Å². The van der Waals surface area contributed by atoms with Crippen LogP contribution in [0.4, 0.5) is 0 Å². The summed E-state index contributed by atoms with van der Waals surface area (Å²) >= 11 is 0.939. The number of nitrogens with zero attached hydrogens (tertiary/aromatic N) is 3. The highest BCUT2D eigenvalue weighted by atomic mass is 32.2. The van der Waals surface area contributed by atoms with E-state index in [1.165, 1.54) is 0 Å². The standard InChI is InChI=1S/C20H20N4O4S2/c1-12-3-5-16-14(9-12)10-15(20(26)21-16)11-24(7-8-25)30(27,28)19-13(2)4-6-17-18(19)23-29-22-17/h3-6,9-10,25H,7-8,11H2,1-2H3,(H,21,26). The maximum atomic E-state index is 13.5. The van der Waals surface area contributed by atoms with Gasteiger partial charge in [-0.1, -0.05) is 17.7 Å². The van der Waals surface area contributed by atoms with Crippen LogP contribution in [0.25, 0.3) is 21.9 Å². The summed E-state index contributed by atoms with van der Waals surface area (Å²) in [5.41, 5.74) is 2.96. The van der Waals surface area contributed by atoms with Crippen LogP contribution in [0, 0.1) is 13.8 Å². The lowest BCUT2D eigenvalue weighted by molar-refractivity contribution is 0.251. The molecule has 2 heterocycles. The average Bonchev–Trinajstić information content (AvgIpc) is 3.16. The fraction of sp³-hybridized carbons (Fsp3) is 0.250. The van der Waals surface area contributed by atoms with Crippen LogP contribution in [0.3, 0.4) is 0 Å². The van der Waals surface area contributed by atoms with Crippen LogP contribution in [0.1, 0.15) is 16.7 Å². The van der Waals surface area contributed by atoms with Gasteiger partial charge < -0.3 is 10.1 Å². The Labute approximate surface area is 177 Å². The number of benzene rings is 2. The number of aromatic amines is 1. The van der Waals surface area contributed by atoms with Crippen molar-refractivity contribution < 1.29 is 13.5 Å². The van der Waals surface area contributed by atoms with Gasteiger partial charge in [0.05, 0.1) is 18.3 Å². The number of sulfonamides is 1. The Morgan fingerprint density at radius 3 is 2.70 bits per heavy atom. The van der Waals surface area contributed by atoms with Crippen LogP contribution in [-0.4, -0.2) is 44.7 Å². The van der Waals surface area contributed by atoms with Gasteiger partial charge in [-0.05, 0) is 49.1 Å². The smallest absolute Gasteiger partial charge is 0.252 e. The largest absolute Gasteiger partial charge is 0.395 e. The molecule has 0 radical (unpaired) electrons. The quantitative estimate of drug-likeness (QED) is 0.472. The Balaban J connectivity index is 1.82. The molecule has 8 nitrogen and oxygen atoms in total. The van der Waals surface area contributed by atoms with E-state index in [-0.39, 0.29) is 30.2 Å². The number of fused-ring (bicyclic) bond motifs is 2. The zero-order valence-corrected chi connectivity index (χ0v) is 18.0. The molecule has 156 valence electrons. The fourth-order valence-corrected chi connectivity index (χ4v) is 5.82. The maximum Gasteiger partial charge on any atom is 0.252 e. The first-order valence-corrected chi connectivity index (χ1v) is 11.4. The maximum absolute atomic E-state index is 13.5. The number of aromatic nitrogens is 3. The van der Waals surface area contributed by atoms with Crippen molar-refractivity contribution in [1.29, 1.82) is 0 Å². The minimum absolute atomic E-state index is 0.0512. The van der Waals surface area contributed by atoms with E-state index in [9.17, 15) is 18.3 Å². The first kappa shape index (κ1) is 20.6. The Morgan fingerprint density at radius 1 is 1.13 bits per heavy atom. The minimum atomic E-state index is -4.04. The summed E-state index contributed by atoms with van der Waals surface area (Å²) in [5, 5.41) is 10.3. The van der Waals surface area contributed by atoms with Gasteiger partial charge in [-0.2, -0.15) is 13.1 Å². The summed E-state index contributed by atoms with van der Waals surface area (Å²) in [6.45, 7) is 2.93.